The second-order valence-corrected chi connectivity index (χ2v) is 8.14. The van der Waals surface area contributed by atoms with Crippen molar-refractivity contribution in [1.29, 1.82) is 0 Å². The van der Waals surface area contributed by atoms with Crippen molar-refractivity contribution in [3.63, 3.8) is 0 Å². The first kappa shape index (κ1) is 19.4. The van der Waals surface area contributed by atoms with E-state index in [4.69, 9.17) is 4.74 Å². The highest BCUT2D eigenvalue weighted by molar-refractivity contribution is 7.14. The minimum absolute atomic E-state index is 0.108. The molecule has 148 valence electrons. The number of nitrogens with zero attached hydrogens (tertiary/aromatic N) is 3. The number of ether oxygens (including phenoxy) is 1. The molecule has 0 aliphatic carbocycles. The molecule has 4 aromatic rings. The van der Waals surface area contributed by atoms with Gasteiger partial charge in [-0.1, -0.05) is 12.1 Å². The monoisotopic (exact) mass is 424 g/mol. The number of thiazole rings is 1. The Morgan fingerprint density at radius 2 is 2.21 bits per heavy atom. The van der Waals surface area contributed by atoms with Gasteiger partial charge in [0.05, 0.1) is 19.2 Å². The summed E-state index contributed by atoms with van der Waals surface area (Å²) in [5.74, 6) is 1.38. The number of carbonyl (C=O) groups is 1. The van der Waals surface area contributed by atoms with Crippen molar-refractivity contribution in [1.82, 2.24) is 19.9 Å². The summed E-state index contributed by atoms with van der Waals surface area (Å²) in [6.07, 6.45) is 3.80. The maximum absolute atomic E-state index is 12.8. The second kappa shape index (κ2) is 8.59. The molecular weight excluding hydrogens is 404 g/mol. The second-order valence-electron chi connectivity index (χ2n) is 6.51. The Labute approximate surface area is 176 Å². The number of hydrogen-bond donors (Lipinski definition) is 1. The van der Waals surface area contributed by atoms with E-state index in [1.165, 1.54) is 0 Å². The highest BCUT2D eigenvalue weighted by Gasteiger charge is 2.22. The quantitative estimate of drug-likeness (QED) is 0.486. The number of methoxy groups -OCH3 is 1. The third-order valence-corrected chi connectivity index (χ3v) is 6.13. The van der Waals surface area contributed by atoms with Crippen molar-refractivity contribution in [3.8, 4) is 16.3 Å². The van der Waals surface area contributed by atoms with Crippen LogP contribution in [-0.2, 0) is 18.3 Å². The third kappa shape index (κ3) is 4.38. The number of aryl methyl sites for hydroxylation is 1. The van der Waals surface area contributed by atoms with E-state index >= 15 is 0 Å². The van der Waals surface area contributed by atoms with Crippen molar-refractivity contribution in [2.24, 2.45) is 7.05 Å². The molecule has 1 unspecified atom stereocenters. The van der Waals surface area contributed by atoms with Crippen LogP contribution in [0.2, 0.25) is 0 Å². The zero-order valence-corrected chi connectivity index (χ0v) is 17.7. The molecule has 0 saturated carbocycles. The first-order valence-corrected chi connectivity index (χ1v) is 10.8. The molecule has 0 fully saturated rings. The Morgan fingerprint density at radius 1 is 1.31 bits per heavy atom. The van der Waals surface area contributed by atoms with Gasteiger partial charge in [-0.15, -0.1) is 11.3 Å². The molecule has 0 aliphatic rings. The normalized spacial score (nSPS) is 11.9. The number of thiophene rings is 1. The van der Waals surface area contributed by atoms with Crippen molar-refractivity contribution < 1.29 is 9.53 Å². The number of nitrogens with one attached hydrogen (secondary N) is 1. The molecule has 1 atom stereocenters. The molecule has 6 nitrogen and oxygen atoms in total. The average molecular weight is 425 g/mol. The molecule has 3 aromatic heterocycles. The fourth-order valence-corrected chi connectivity index (χ4v) is 4.59. The van der Waals surface area contributed by atoms with Crippen molar-refractivity contribution in [3.05, 3.63) is 75.9 Å². The zero-order valence-electron chi connectivity index (χ0n) is 16.0. The average Bonchev–Trinajstić information content (AvgIpc) is 3.48. The number of benzene rings is 1. The van der Waals surface area contributed by atoms with Crippen LogP contribution in [0, 0.1) is 0 Å². The number of imidazole rings is 1. The molecule has 1 aromatic carbocycles. The summed E-state index contributed by atoms with van der Waals surface area (Å²) in [5, 5.41) is 10.1. The topological polar surface area (TPSA) is 69.0 Å². The highest BCUT2D eigenvalue weighted by atomic mass is 32.1. The van der Waals surface area contributed by atoms with Crippen molar-refractivity contribution >= 4 is 28.6 Å². The Morgan fingerprint density at radius 3 is 2.93 bits per heavy atom. The predicted octanol–water partition coefficient (Wildman–Crippen LogP) is 4.06. The summed E-state index contributed by atoms with van der Waals surface area (Å²) in [5.41, 5.74) is 2.76. The summed E-state index contributed by atoms with van der Waals surface area (Å²) < 4.78 is 7.25. The van der Waals surface area contributed by atoms with Crippen LogP contribution in [0.15, 0.2) is 58.9 Å². The van der Waals surface area contributed by atoms with Crippen molar-refractivity contribution in [2.45, 2.75) is 12.5 Å². The molecule has 1 amide bonds. The lowest BCUT2D eigenvalue weighted by Gasteiger charge is -2.19. The van der Waals surface area contributed by atoms with Crippen LogP contribution in [0.1, 0.15) is 23.1 Å². The SMILES string of the molecule is COc1cccc(C(NC(=O)Cc2csc(-c3ccsc3)n2)c2nccn2C)c1. The number of amides is 1. The van der Waals surface area contributed by atoms with Crippen LogP contribution in [-0.4, -0.2) is 27.6 Å². The fourth-order valence-electron chi connectivity index (χ4n) is 3.06. The number of rotatable bonds is 7. The van der Waals surface area contributed by atoms with E-state index in [0.717, 1.165) is 33.4 Å². The minimum atomic E-state index is -0.382. The lowest BCUT2D eigenvalue weighted by molar-refractivity contribution is -0.121. The lowest BCUT2D eigenvalue weighted by Crippen LogP contribution is -2.32. The smallest absolute Gasteiger partial charge is 0.226 e. The van der Waals surface area contributed by atoms with Gasteiger partial charge in [0.25, 0.3) is 0 Å². The summed E-state index contributed by atoms with van der Waals surface area (Å²) in [6, 6.07) is 9.31. The van der Waals surface area contributed by atoms with Gasteiger partial charge >= 0.3 is 0 Å². The van der Waals surface area contributed by atoms with E-state index in [2.05, 4.69) is 20.7 Å². The highest BCUT2D eigenvalue weighted by Crippen LogP contribution is 2.27. The minimum Gasteiger partial charge on any atom is -0.497 e. The van der Waals surface area contributed by atoms with E-state index in [9.17, 15) is 4.79 Å². The Balaban J connectivity index is 1.54. The van der Waals surface area contributed by atoms with Crippen LogP contribution in [0.25, 0.3) is 10.6 Å². The predicted molar refractivity (Wildman–Crippen MR) is 115 cm³/mol. The van der Waals surface area contributed by atoms with Gasteiger partial charge in [0.1, 0.15) is 22.6 Å². The first-order chi connectivity index (χ1) is 14.1. The van der Waals surface area contributed by atoms with E-state index in [1.807, 2.05) is 58.9 Å². The van der Waals surface area contributed by atoms with Gasteiger partial charge in [0.2, 0.25) is 5.91 Å². The lowest BCUT2D eigenvalue weighted by atomic mass is 10.1. The first-order valence-electron chi connectivity index (χ1n) is 9.01. The van der Waals surface area contributed by atoms with Gasteiger partial charge in [0.15, 0.2) is 0 Å². The number of aromatic nitrogens is 3. The molecule has 0 radical (unpaired) electrons. The van der Waals surface area contributed by atoms with Gasteiger partial charge in [-0.25, -0.2) is 9.97 Å². The molecule has 3 heterocycles. The number of hydrogen-bond acceptors (Lipinski definition) is 6. The van der Waals surface area contributed by atoms with Crippen LogP contribution >= 0.6 is 22.7 Å². The largest absolute Gasteiger partial charge is 0.497 e. The Hall–Kier alpha value is -2.97. The molecule has 0 aliphatic heterocycles. The molecule has 0 bridgehead atoms. The van der Waals surface area contributed by atoms with Gasteiger partial charge < -0.3 is 14.6 Å². The van der Waals surface area contributed by atoms with Crippen LogP contribution in [0.3, 0.4) is 0 Å². The van der Waals surface area contributed by atoms with Crippen LogP contribution < -0.4 is 10.1 Å². The van der Waals surface area contributed by atoms with Crippen molar-refractivity contribution in [2.75, 3.05) is 7.11 Å². The van der Waals surface area contributed by atoms with Crippen LogP contribution in [0.4, 0.5) is 0 Å². The van der Waals surface area contributed by atoms with E-state index in [-0.39, 0.29) is 18.4 Å². The molecule has 4 rings (SSSR count). The van der Waals surface area contributed by atoms with E-state index < -0.39 is 0 Å². The number of carbonyl (C=O) groups excluding carboxylic acids is 1. The molecular formula is C21H20N4O2S2. The van der Waals surface area contributed by atoms with E-state index in [0.29, 0.717) is 0 Å². The Bertz CT molecular complexity index is 1100. The molecule has 29 heavy (non-hydrogen) atoms. The van der Waals surface area contributed by atoms with Crippen LogP contribution in [0.5, 0.6) is 5.75 Å². The van der Waals surface area contributed by atoms with E-state index in [1.54, 1.807) is 36.0 Å². The molecule has 1 N–H and O–H groups in total. The molecule has 8 heteroatoms. The fraction of sp³-hybridized carbons (Fsp3) is 0.190. The third-order valence-electron chi connectivity index (χ3n) is 4.51. The molecule has 0 spiro atoms. The summed E-state index contributed by atoms with van der Waals surface area (Å²) in [6.45, 7) is 0. The zero-order chi connectivity index (χ0) is 20.2. The van der Waals surface area contributed by atoms with Gasteiger partial charge in [-0.2, -0.15) is 11.3 Å². The summed E-state index contributed by atoms with van der Waals surface area (Å²) in [7, 11) is 3.54. The van der Waals surface area contributed by atoms with Gasteiger partial charge in [-0.3, -0.25) is 4.79 Å². The summed E-state index contributed by atoms with van der Waals surface area (Å²) in [4.78, 5) is 21.9. The Kier molecular flexibility index (Phi) is 5.73. The van der Waals surface area contributed by atoms with Gasteiger partial charge in [0, 0.05) is 35.8 Å². The maximum atomic E-state index is 12.8. The standard InChI is InChI=1S/C21H20N4O2S2/c1-25-8-7-22-20(25)19(14-4-3-5-17(10-14)27-2)24-18(26)11-16-13-29-21(23-16)15-6-9-28-12-15/h3-10,12-13,19H,11H2,1-2H3,(H,24,26). The van der Waals surface area contributed by atoms with Gasteiger partial charge in [-0.05, 0) is 29.1 Å². The molecule has 0 saturated heterocycles. The summed E-state index contributed by atoms with van der Waals surface area (Å²) >= 11 is 3.19. The maximum Gasteiger partial charge on any atom is 0.226 e.